The Morgan fingerprint density at radius 3 is 2.47 bits per heavy atom. The molecule has 0 bridgehead atoms. The smallest absolute Gasteiger partial charge is 0.224 e. The highest BCUT2D eigenvalue weighted by Gasteiger charge is 2.12. The lowest BCUT2D eigenvalue weighted by atomic mass is 10.4. The summed E-state index contributed by atoms with van der Waals surface area (Å²) < 4.78 is 23.2. The molecule has 0 radical (unpaired) electrons. The molecule has 3 nitrogen and oxygen atoms in total. The van der Waals surface area contributed by atoms with Crippen molar-refractivity contribution in [2.45, 2.75) is 13.3 Å². The number of hydrogen-bond donors (Lipinski definition) is 1. The highest BCUT2D eigenvalue weighted by molar-refractivity contribution is 8.01. The molecule has 2 rings (SSSR count). The number of benzene rings is 1. The fourth-order valence-electron chi connectivity index (χ4n) is 1.15. The van der Waals surface area contributed by atoms with E-state index in [1.165, 1.54) is 17.8 Å². The van der Waals surface area contributed by atoms with E-state index in [4.69, 9.17) is 16.7 Å². The van der Waals surface area contributed by atoms with Crippen molar-refractivity contribution >= 4 is 44.7 Å². The Balaban J connectivity index is 2.26. The fraction of sp³-hybridized carbons (Fsp3) is 0. The summed E-state index contributed by atoms with van der Waals surface area (Å²) >= 11 is 8.56. The second kappa shape index (κ2) is 4.99. The van der Waals surface area contributed by atoms with Gasteiger partial charge in [-0.2, -0.15) is 0 Å². The van der Waals surface area contributed by atoms with E-state index in [0.29, 0.717) is 5.02 Å². The van der Waals surface area contributed by atoms with Gasteiger partial charge in [-0.25, -0.2) is 13.6 Å². The quantitative estimate of drug-likeness (QED) is 0.947. The van der Waals surface area contributed by atoms with Crippen molar-refractivity contribution in [3.05, 3.63) is 41.4 Å². The number of hydrogen-bond acceptors (Lipinski definition) is 4. The Morgan fingerprint density at radius 2 is 1.88 bits per heavy atom. The van der Waals surface area contributed by atoms with Gasteiger partial charge in [-0.3, -0.25) is 0 Å². The maximum atomic E-state index is 11.1. The minimum absolute atomic E-state index is 0.159. The SMILES string of the molecule is NS(=O)(=O)c1ccc(Sc2ccccc2Cl)s1. The monoisotopic (exact) mass is 305 g/mol. The molecule has 2 aromatic rings. The average Bonchev–Trinajstić information content (AvgIpc) is 2.69. The molecule has 0 atom stereocenters. The first kappa shape index (κ1) is 12.9. The van der Waals surface area contributed by atoms with E-state index in [-0.39, 0.29) is 4.21 Å². The largest absolute Gasteiger partial charge is 0.247 e. The summed E-state index contributed by atoms with van der Waals surface area (Å²) in [4.78, 5) is 0.886. The standard InChI is InChI=1S/C10H8ClNO2S3/c11-7-3-1-2-4-8(7)15-9-5-6-10(16-9)17(12,13)14/h1-6H,(H2,12,13,14). The molecule has 2 N–H and O–H groups in total. The van der Waals surface area contributed by atoms with Gasteiger partial charge in [0, 0.05) is 4.90 Å². The molecule has 0 aliphatic heterocycles. The second-order valence-corrected chi connectivity index (χ2v) is 7.77. The molecule has 0 unspecified atom stereocenters. The minimum Gasteiger partial charge on any atom is -0.224 e. The maximum Gasteiger partial charge on any atom is 0.247 e. The van der Waals surface area contributed by atoms with E-state index in [1.807, 2.05) is 18.2 Å². The van der Waals surface area contributed by atoms with Crippen LogP contribution in [0.15, 0.2) is 49.7 Å². The van der Waals surface area contributed by atoms with Gasteiger partial charge in [0.1, 0.15) is 4.21 Å². The number of nitrogens with two attached hydrogens (primary N) is 1. The number of primary sulfonamides is 1. The van der Waals surface area contributed by atoms with Gasteiger partial charge in [-0.05, 0) is 24.3 Å². The van der Waals surface area contributed by atoms with Crippen molar-refractivity contribution in [1.82, 2.24) is 0 Å². The molecule has 0 aliphatic rings. The lowest BCUT2D eigenvalue weighted by Crippen LogP contribution is -2.09. The Bertz CT molecular complexity index is 637. The molecule has 1 heterocycles. The average molecular weight is 306 g/mol. The lowest BCUT2D eigenvalue weighted by Gasteiger charge is -2.00. The van der Waals surface area contributed by atoms with Crippen LogP contribution in [0.1, 0.15) is 0 Å². The Hall–Kier alpha value is -0.530. The molecule has 1 aromatic carbocycles. The molecule has 0 saturated carbocycles. The summed E-state index contributed by atoms with van der Waals surface area (Å²) in [7, 11) is -3.61. The minimum atomic E-state index is -3.61. The number of thiophene rings is 1. The van der Waals surface area contributed by atoms with Crippen molar-refractivity contribution in [3.63, 3.8) is 0 Å². The fourth-order valence-corrected chi connectivity index (χ4v) is 4.39. The molecule has 0 fully saturated rings. The van der Waals surface area contributed by atoms with Crippen molar-refractivity contribution in [2.24, 2.45) is 5.14 Å². The van der Waals surface area contributed by atoms with Crippen molar-refractivity contribution < 1.29 is 8.42 Å². The Kier molecular flexibility index (Phi) is 3.79. The predicted octanol–water partition coefficient (Wildman–Crippen LogP) is 3.20. The van der Waals surface area contributed by atoms with Crippen LogP contribution in [0.2, 0.25) is 5.02 Å². The number of rotatable bonds is 3. The summed E-state index contributed by atoms with van der Waals surface area (Å²) in [5, 5.41) is 5.68. The first-order valence-electron chi connectivity index (χ1n) is 4.52. The molecule has 0 amide bonds. The molecule has 0 aliphatic carbocycles. The van der Waals surface area contributed by atoms with Crippen LogP contribution in [-0.4, -0.2) is 8.42 Å². The summed E-state index contributed by atoms with van der Waals surface area (Å²) in [6.07, 6.45) is 0. The topological polar surface area (TPSA) is 60.2 Å². The van der Waals surface area contributed by atoms with Crippen LogP contribution in [0.5, 0.6) is 0 Å². The van der Waals surface area contributed by atoms with Crippen LogP contribution in [0.3, 0.4) is 0 Å². The summed E-state index contributed by atoms with van der Waals surface area (Å²) in [5.74, 6) is 0. The highest BCUT2D eigenvalue weighted by atomic mass is 35.5. The van der Waals surface area contributed by atoms with Gasteiger partial charge in [0.15, 0.2) is 0 Å². The zero-order valence-electron chi connectivity index (χ0n) is 8.46. The van der Waals surface area contributed by atoms with Crippen LogP contribution < -0.4 is 5.14 Å². The van der Waals surface area contributed by atoms with Crippen molar-refractivity contribution in [1.29, 1.82) is 0 Å². The third-order valence-corrected chi connectivity index (χ3v) is 6.06. The summed E-state index contributed by atoms with van der Waals surface area (Å²) in [6, 6.07) is 10.6. The van der Waals surface area contributed by atoms with E-state index in [9.17, 15) is 8.42 Å². The molecule has 0 spiro atoms. The zero-order valence-corrected chi connectivity index (χ0v) is 11.7. The third-order valence-electron chi connectivity index (χ3n) is 1.88. The van der Waals surface area contributed by atoms with Gasteiger partial charge < -0.3 is 0 Å². The van der Waals surface area contributed by atoms with Gasteiger partial charge in [0.2, 0.25) is 10.0 Å². The van der Waals surface area contributed by atoms with E-state index in [0.717, 1.165) is 20.4 Å². The molecule has 1 aromatic heterocycles. The van der Waals surface area contributed by atoms with Gasteiger partial charge in [0.25, 0.3) is 0 Å². The van der Waals surface area contributed by atoms with E-state index < -0.39 is 10.0 Å². The Labute approximate surface area is 113 Å². The molecular formula is C10H8ClNO2S3. The predicted molar refractivity (Wildman–Crippen MR) is 71.3 cm³/mol. The van der Waals surface area contributed by atoms with Crippen molar-refractivity contribution in [2.75, 3.05) is 0 Å². The first-order valence-corrected chi connectivity index (χ1v) is 8.07. The van der Waals surface area contributed by atoms with Crippen LogP contribution >= 0.6 is 34.7 Å². The van der Waals surface area contributed by atoms with Crippen molar-refractivity contribution in [3.8, 4) is 0 Å². The Morgan fingerprint density at radius 1 is 1.18 bits per heavy atom. The lowest BCUT2D eigenvalue weighted by molar-refractivity contribution is 0.600. The summed E-state index contributed by atoms with van der Waals surface area (Å²) in [6.45, 7) is 0. The molecule has 90 valence electrons. The second-order valence-electron chi connectivity index (χ2n) is 3.15. The molecule has 7 heteroatoms. The van der Waals surface area contributed by atoms with E-state index in [1.54, 1.807) is 12.1 Å². The third kappa shape index (κ3) is 3.23. The highest BCUT2D eigenvalue weighted by Crippen LogP contribution is 2.37. The van der Waals surface area contributed by atoms with Crippen LogP contribution in [0.4, 0.5) is 0 Å². The molecular weight excluding hydrogens is 298 g/mol. The number of halogens is 1. The van der Waals surface area contributed by atoms with Crippen LogP contribution in [-0.2, 0) is 10.0 Å². The maximum absolute atomic E-state index is 11.1. The van der Waals surface area contributed by atoms with Gasteiger partial charge in [-0.15, -0.1) is 11.3 Å². The first-order chi connectivity index (χ1) is 7.97. The number of sulfonamides is 1. The van der Waals surface area contributed by atoms with Gasteiger partial charge >= 0.3 is 0 Å². The summed E-state index contributed by atoms with van der Waals surface area (Å²) in [5.41, 5.74) is 0. The molecule has 0 saturated heterocycles. The van der Waals surface area contributed by atoms with E-state index in [2.05, 4.69) is 0 Å². The van der Waals surface area contributed by atoms with Gasteiger partial charge in [-0.1, -0.05) is 35.5 Å². The zero-order chi connectivity index (χ0) is 12.5. The van der Waals surface area contributed by atoms with Crippen LogP contribution in [0, 0.1) is 0 Å². The molecule has 17 heavy (non-hydrogen) atoms. The van der Waals surface area contributed by atoms with Gasteiger partial charge in [0.05, 0.1) is 9.23 Å². The van der Waals surface area contributed by atoms with E-state index >= 15 is 0 Å². The normalized spacial score (nSPS) is 11.6. The van der Waals surface area contributed by atoms with Crippen LogP contribution in [0.25, 0.3) is 0 Å².